The summed E-state index contributed by atoms with van der Waals surface area (Å²) in [6, 6.07) is 6.56. The molecule has 0 aliphatic heterocycles. The van der Waals surface area contributed by atoms with Crippen molar-refractivity contribution >= 4 is 11.8 Å². The SMILES string of the molecule is CC(C)CSCC(NN)c1ccc(F)cc1. The van der Waals surface area contributed by atoms with Crippen molar-refractivity contribution < 1.29 is 4.39 Å². The largest absolute Gasteiger partial charge is 0.271 e. The third-order valence-electron chi connectivity index (χ3n) is 2.21. The number of hydrazine groups is 1. The molecule has 2 nitrogen and oxygen atoms in total. The molecule has 1 aromatic carbocycles. The Morgan fingerprint density at radius 1 is 1.25 bits per heavy atom. The van der Waals surface area contributed by atoms with Crippen LogP contribution in [0.2, 0.25) is 0 Å². The summed E-state index contributed by atoms with van der Waals surface area (Å²) in [5.41, 5.74) is 3.80. The average Bonchev–Trinajstić information content (AvgIpc) is 2.26. The van der Waals surface area contributed by atoms with Crippen LogP contribution in [0.15, 0.2) is 24.3 Å². The van der Waals surface area contributed by atoms with Crippen LogP contribution in [0.5, 0.6) is 0 Å². The monoisotopic (exact) mass is 242 g/mol. The second kappa shape index (κ2) is 6.89. The number of hydrogen-bond donors (Lipinski definition) is 2. The maximum absolute atomic E-state index is 12.8. The van der Waals surface area contributed by atoms with E-state index in [1.807, 2.05) is 11.8 Å². The van der Waals surface area contributed by atoms with Crippen LogP contribution < -0.4 is 11.3 Å². The van der Waals surface area contributed by atoms with Gasteiger partial charge in [0.2, 0.25) is 0 Å². The van der Waals surface area contributed by atoms with E-state index in [1.165, 1.54) is 12.1 Å². The highest BCUT2D eigenvalue weighted by Crippen LogP contribution is 2.19. The third-order valence-corrected chi connectivity index (χ3v) is 3.68. The maximum atomic E-state index is 12.8. The zero-order valence-electron chi connectivity index (χ0n) is 9.74. The minimum Gasteiger partial charge on any atom is -0.271 e. The number of rotatable bonds is 6. The summed E-state index contributed by atoms with van der Waals surface area (Å²) in [5.74, 6) is 7.98. The topological polar surface area (TPSA) is 38.0 Å². The Kier molecular flexibility index (Phi) is 5.80. The van der Waals surface area contributed by atoms with E-state index in [9.17, 15) is 4.39 Å². The molecule has 16 heavy (non-hydrogen) atoms. The van der Waals surface area contributed by atoms with Crippen molar-refractivity contribution in [2.75, 3.05) is 11.5 Å². The molecule has 0 amide bonds. The van der Waals surface area contributed by atoms with Crippen molar-refractivity contribution in [2.45, 2.75) is 19.9 Å². The summed E-state index contributed by atoms with van der Waals surface area (Å²) in [5, 5.41) is 0. The van der Waals surface area contributed by atoms with E-state index >= 15 is 0 Å². The van der Waals surface area contributed by atoms with Gasteiger partial charge in [-0.2, -0.15) is 11.8 Å². The lowest BCUT2D eigenvalue weighted by Crippen LogP contribution is -2.29. The molecule has 0 spiro atoms. The van der Waals surface area contributed by atoms with Gasteiger partial charge in [0.1, 0.15) is 5.82 Å². The van der Waals surface area contributed by atoms with Gasteiger partial charge in [0, 0.05) is 5.75 Å². The Labute approximate surface area is 101 Å². The van der Waals surface area contributed by atoms with Gasteiger partial charge in [0.15, 0.2) is 0 Å². The fourth-order valence-electron chi connectivity index (χ4n) is 1.36. The highest BCUT2D eigenvalue weighted by molar-refractivity contribution is 7.99. The van der Waals surface area contributed by atoms with Crippen LogP contribution >= 0.6 is 11.8 Å². The predicted molar refractivity (Wildman–Crippen MR) is 68.6 cm³/mol. The van der Waals surface area contributed by atoms with Crippen molar-refractivity contribution in [1.29, 1.82) is 0 Å². The molecule has 0 bridgehead atoms. The van der Waals surface area contributed by atoms with E-state index in [2.05, 4.69) is 19.3 Å². The number of nitrogens with two attached hydrogens (primary N) is 1. The number of hydrogen-bond acceptors (Lipinski definition) is 3. The van der Waals surface area contributed by atoms with E-state index in [1.54, 1.807) is 12.1 Å². The molecule has 0 radical (unpaired) electrons. The molecule has 0 heterocycles. The van der Waals surface area contributed by atoms with Crippen molar-refractivity contribution in [3.05, 3.63) is 35.6 Å². The molecule has 1 unspecified atom stereocenters. The molecule has 90 valence electrons. The molecule has 0 aliphatic rings. The zero-order chi connectivity index (χ0) is 12.0. The van der Waals surface area contributed by atoms with Crippen LogP contribution in [0, 0.1) is 11.7 Å². The van der Waals surface area contributed by atoms with Gasteiger partial charge < -0.3 is 0 Å². The minimum absolute atomic E-state index is 0.0874. The fourth-order valence-corrected chi connectivity index (χ4v) is 2.49. The molecule has 1 rings (SSSR count). The van der Waals surface area contributed by atoms with Crippen molar-refractivity contribution in [3.63, 3.8) is 0 Å². The Bertz CT molecular complexity index is 300. The van der Waals surface area contributed by atoms with Gasteiger partial charge in [0.25, 0.3) is 0 Å². The van der Waals surface area contributed by atoms with E-state index in [-0.39, 0.29) is 11.9 Å². The van der Waals surface area contributed by atoms with Crippen molar-refractivity contribution in [3.8, 4) is 0 Å². The number of nitrogens with one attached hydrogen (secondary N) is 1. The van der Waals surface area contributed by atoms with Crippen molar-refractivity contribution in [2.24, 2.45) is 11.8 Å². The normalized spacial score (nSPS) is 13.1. The lowest BCUT2D eigenvalue weighted by atomic mass is 10.1. The molecule has 0 aliphatic carbocycles. The predicted octanol–water partition coefficient (Wildman–Crippen LogP) is 2.72. The summed E-state index contributed by atoms with van der Waals surface area (Å²) >= 11 is 1.86. The van der Waals surface area contributed by atoms with Crippen LogP contribution in [-0.2, 0) is 0 Å². The smallest absolute Gasteiger partial charge is 0.123 e. The zero-order valence-corrected chi connectivity index (χ0v) is 10.6. The first kappa shape index (κ1) is 13.5. The Morgan fingerprint density at radius 2 is 1.88 bits per heavy atom. The Hall–Kier alpha value is -0.580. The molecule has 1 atom stereocenters. The van der Waals surface area contributed by atoms with Gasteiger partial charge in [-0.05, 0) is 29.4 Å². The number of benzene rings is 1. The highest BCUT2D eigenvalue weighted by atomic mass is 32.2. The summed E-state index contributed by atoms with van der Waals surface area (Å²) in [7, 11) is 0. The number of halogens is 1. The van der Waals surface area contributed by atoms with Gasteiger partial charge in [-0.15, -0.1) is 0 Å². The average molecular weight is 242 g/mol. The van der Waals surface area contributed by atoms with Crippen LogP contribution in [0.25, 0.3) is 0 Å². The van der Waals surface area contributed by atoms with E-state index in [0.29, 0.717) is 5.92 Å². The molecular formula is C12H19FN2S. The van der Waals surface area contributed by atoms with Gasteiger partial charge in [-0.3, -0.25) is 11.3 Å². The lowest BCUT2D eigenvalue weighted by Gasteiger charge is -2.16. The molecule has 0 saturated carbocycles. The van der Waals surface area contributed by atoms with Crippen molar-refractivity contribution in [1.82, 2.24) is 5.43 Å². The quantitative estimate of drug-likeness (QED) is 0.595. The summed E-state index contributed by atoms with van der Waals surface area (Å²) in [6.45, 7) is 4.38. The van der Waals surface area contributed by atoms with Crippen LogP contribution in [0.1, 0.15) is 25.5 Å². The standard InChI is InChI=1S/C12H19FN2S/c1-9(2)7-16-8-12(15-14)10-3-5-11(13)6-4-10/h3-6,9,12,15H,7-8,14H2,1-2H3. The van der Waals surface area contributed by atoms with Gasteiger partial charge in [0.05, 0.1) is 6.04 Å². The molecule has 0 fully saturated rings. The van der Waals surface area contributed by atoms with Crippen LogP contribution in [0.3, 0.4) is 0 Å². The third kappa shape index (κ3) is 4.51. The van der Waals surface area contributed by atoms with Gasteiger partial charge >= 0.3 is 0 Å². The maximum Gasteiger partial charge on any atom is 0.123 e. The molecule has 3 N–H and O–H groups in total. The van der Waals surface area contributed by atoms with E-state index in [0.717, 1.165) is 17.1 Å². The molecule has 1 aromatic rings. The molecule has 0 aromatic heterocycles. The molecule has 0 saturated heterocycles. The second-order valence-electron chi connectivity index (χ2n) is 4.20. The summed E-state index contributed by atoms with van der Waals surface area (Å²) in [6.07, 6.45) is 0. The highest BCUT2D eigenvalue weighted by Gasteiger charge is 2.09. The molecular weight excluding hydrogens is 223 g/mol. The Balaban J connectivity index is 2.50. The van der Waals surface area contributed by atoms with Crippen LogP contribution in [-0.4, -0.2) is 11.5 Å². The van der Waals surface area contributed by atoms with Gasteiger partial charge in [-0.1, -0.05) is 26.0 Å². The fraction of sp³-hybridized carbons (Fsp3) is 0.500. The van der Waals surface area contributed by atoms with Crippen LogP contribution in [0.4, 0.5) is 4.39 Å². The van der Waals surface area contributed by atoms with E-state index < -0.39 is 0 Å². The van der Waals surface area contributed by atoms with Gasteiger partial charge in [-0.25, -0.2) is 4.39 Å². The Morgan fingerprint density at radius 3 is 2.38 bits per heavy atom. The first-order valence-electron chi connectivity index (χ1n) is 5.42. The lowest BCUT2D eigenvalue weighted by molar-refractivity contribution is 0.600. The summed E-state index contributed by atoms with van der Waals surface area (Å²) < 4.78 is 12.8. The molecule has 4 heteroatoms. The number of thioether (sulfide) groups is 1. The second-order valence-corrected chi connectivity index (χ2v) is 5.28. The summed E-state index contributed by atoms with van der Waals surface area (Å²) in [4.78, 5) is 0. The first-order valence-corrected chi connectivity index (χ1v) is 6.58. The minimum atomic E-state index is -0.214. The van der Waals surface area contributed by atoms with E-state index in [4.69, 9.17) is 5.84 Å². The first-order chi connectivity index (χ1) is 7.63.